The van der Waals surface area contributed by atoms with Gasteiger partial charge in [-0.2, -0.15) is 4.98 Å². The summed E-state index contributed by atoms with van der Waals surface area (Å²) in [6.45, 7) is 4.35. The summed E-state index contributed by atoms with van der Waals surface area (Å²) in [5.74, 6) is -0.462. The van der Waals surface area contributed by atoms with Crippen molar-refractivity contribution >= 4 is 5.97 Å². The molecule has 5 nitrogen and oxygen atoms in total. The Labute approximate surface area is 82.1 Å². The zero-order valence-corrected chi connectivity index (χ0v) is 8.19. The summed E-state index contributed by atoms with van der Waals surface area (Å²) in [5.41, 5.74) is 0.213. The molecule has 0 bridgehead atoms. The smallest absolute Gasteiger partial charge is 0.357 e. The second-order valence-electron chi connectivity index (χ2n) is 2.38. The van der Waals surface area contributed by atoms with Gasteiger partial charge in [-0.25, -0.2) is 9.78 Å². The molecule has 0 radical (unpaired) electrons. The zero-order chi connectivity index (χ0) is 10.4. The quantitative estimate of drug-likeness (QED) is 0.673. The molecule has 76 valence electrons. The Hall–Kier alpha value is -1.65. The largest absolute Gasteiger partial charge is 0.464 e. The van der Waals surface area contributed by atoms with Crippen LogP contribution in [0.3, 0.4) is 0 Å². The average molecular weight is 196 g/mol. The van der Waals surface area contributed by atoms with Crippen LogP contribution in [0.15, 0.2) is 12.3 Å². The van der Waals surface area contributed by atoms with E-state index in [-0.39, 0.29) is 11.7 Å². The second kappa shape index (κ2) is 5.16. The Morgan fingerprint density at radius 1 is 1.43 bits per heavy atom. The Morgan fingerprint density at radius 2 is 2.21 bits per heavy atom. The van der Waals surface area contributed by atoms with Crippen molar-refractivity contribution in [1.29, 1.82) is 0 Å². The van der Waals surface area contributed by atoms with Gasteiger partial charge in [-0.3, -0.25) is 0 Å². The van der Waals surface area contributed by atoms with Crippen molar-refractivity contribution in [3.63, 3.8) is 0 Å². The van der Waals surface area contributed by atoms with E-state index < -0.39 is 5.97 Å². The Bertz CT molecular complexity index is 315. The SMILES string of the molecule is CCOC(=O)c1ccnc(OCC)n1. The first-order chi connectivity index (χ1) is 6.77. The molecule has 1 aromatic heterocycles. The summed E-state index contributed by atoms with van der Waals surface area (Å²) < 4.78 is 9.82. The average Bonchev–Trinajstić information content (AvgIpc) is 2.19. The highest BCUT2D eigenvalue weighted by atomic mass is 16.5. The molecule has 14 heavy (non-hydrogen) atoms. The molecule has 0 N–H and O–H groups in total. The predicted octanol–water partition coefficient (Wildman–Crippen LogP) is 1.05. The number of nitrogens with zero attached hydrogens (tertiary/aromatic N) is 2. The molecule has 0 fully saturated rings. The van der Waals surface area contributed by atoms with E-state index in [0.29, 0.717) is 13.2 Å². The first kappa shape index (κ1) is 10.4. The Kier molecular flexibility index (Phi) is 3.84. The maximum Gasteiger partial charge on any atom is 0.357 e. The standard InChI is InChI=1S/C9H12N2O3/c1-3-13-8(12)7-5-6-10-9(11-7)14-4-2/h5-6H,3-4H2,1-2H3. The molecule has 0 aromatic carbocycles. The van der Waals surface area contributed by atoms with Gasteiger partial charge < -0.3 is 9.47 Å². The third-order valence-corrected chi connectivity index (χ3v) is 1.39. The maximum absolute atomic E-state index is 11.2. The lowest BCUT2D eigenvalue weighted by atomic mass is 10.4. The van der Waals surface area contributed by atoms with Crippen LogP contribution in [0, 0.1) is 0 Å². The molecular weight excluding hydrogens is 184 g/mol. The maximum atomic E-state index is 11.2. The van der Waals surface area contributed by atoms with E-state index in [0.717, 1.165) is 0 Å². The minimum absolute atomic E-state index is 0.193. The van der Waals surface area contributed by atoms with Gasteiger partial charge in [0.1, 0.15) is 0 Å². The highest BCUT2D eigenvalue weighted by molar-refractivity contribution is 5.87. The summed E-state index contributed by atoms with van der Waals surface area (Å²) in [6, 6.07) is 1.68. The fraction of sp³-hybridized carbons (Fsp3) is 0.444. The monoisotopic (exact) mass is 196 g/mol. The number of carbonyl (C=O) groups excluding carboxylic acids is 1. The summed E-state index contributed by atoms with van der Waals surface area (Å²) in [4.78, 5) is 18.9. The molecule has 0 saturated heterocycles. The minimum Gasteiger partial charge on any atom is -0.464 e. The number of hydrogen-bond donors (Lipinski definition) is 0. The van der Waals surface area contributed by atoms with Crippen molar-refractivity contribution in [2.45, 2.75) is 13.8 Å². The summed E-state index contributed by atoms with van der Waals surface area (Å²) in [5, 5.41) is 0. The van der Waals surface area contributed by atoms with Crippen LogP contribution in [0.5, 0.6) is 6.01 Å². The number of rotatable bonds is 4. The minimum atomic E-state index is -0.462. The first-order valence-corrected chi connectivity index (χ1v) is 4.40. The van der Waals surface area contributed by atoms with Crippen molar-refractivity contribution in [2.24, 2.45) is 0 Å². The lowest BCUT2D eigenvalue weighted by Gasteiger charge is -2.02. The second-order valence-corrected chi connectivity index (χ2v) is 2.38. The van der Waals surface area contributed by atoms with Crippen LogP contribution in [0.1, 0.15) is 24.3 Å². The number of carbonyl (C=O) groups is 1. The van der Waals surface area contributed by atoms with Crippen LogP contribution in [-0.4, -0.2) is 29.2 Å². The predicted molar refractivity (Wildman–Crippen MR) is 49.2 cm³/mol. The van der Waals surface area contributed by atoms with E-state index in [1.54, 1.807) is 6.92 Å². The highest BCUT2D eigenvalue weighted by Crippen LogP contribution is 2.04. The van der Waals surface area contributed by atoms with E-state index in [1.807, 2.05) is 6.92 Å². The van der Waals surface area contributed by atoms with Crippen LogP contribution in [0.2, 0.25) is 0 Å². The third-order valence-electron chi connectivity index (χ3n) is 1.39. The Balaban J connectivity index is 2.77. The van der Waals surface area contributed by atoms with Gasteiger partial charge in [0.05, 0.1) is 13.2 Å². The molecule has 0 atom stereocenters. The van der Waals surface area contributed by atoms with Crippen molar-refractivity contribution in [2.75, 3.05) is 13.2 Å². The zero-order valence-electron chi connectivity index (χ0n) is 8.19. The van der Waals surface area contributed by atoms with Gasteiger partial charge >= 0.3 is 12.0 Å². The molecule has 0 aliphatic rings. The molecular formula is C9H12N2O3. The fourth-order valence-corrected chi connectivity index (χ4v) is 0.858. The summed E-state index contributed by atoms with van der Waals surface area (Å²) in [6.07, 6.45) is 1.46. The van der Waals surface area contributed by atoms with Gasteiger partial charge in [-0.15, -0.1) is 0 Å². The van der Waals surface area contributed by atoms with E-state index in [9.17, 15) is 4.79 Å². The topological polar surface area (TPSA) is 61.3 Å². The van der Waals surface area contributed by atoms with Crippen molar-refractivity contribution in [1.82, 2.24) is 9.97 Å². The highest BCUT2D eigenvalue weighted by Gasteiger charge is 2.09. The van der Waals surface area contributed by atoms with E-state index in [2.05, 4.69) is 9.97 Å². The van der Waals surface area contributed by atoms with Crippen LogP contribution in [0.25, 0.3) is 0 Å². The number of aromatic nitrogens is 2. The number of hydrogen-bond acceptors (Lipinski definition) is 5. The molecule has 0 aliphatic heterocycles. The van der Waals surface area contributed by atoms with Gasteiger partial charge in [0.2, 0.25) is 0 Å². The molecule has 0 unspecified atom stereocenters. The normalized spacial score (nSPS) is 9.57. The van der Waals surface area contributed by atoms with Crippen molar-refractivity contribution in [3.8, 4) is 6.01 Å². The van der Waals surface area contributed by atoms with Crippen LogP contribution in [0.4, 0.5) is 0 Å². The molecule has 1 aromatic rings. The van der Waals surface area contributed by atoms with E-state index in [1.165, 1.54) is 12.3 Å². The van der Waals surface area contributed by atoms with E-state index in [4.69, 9.17) is 9.47 Å². The molecule has 0 saturated carbocycles. The Morgan fingerprint density at radius 3 is 2.86 bits per heavy atom. The summed E-state index contributed by atoms with van der Waals surface area (Å²) in [7, 11) is 0. The first-order valence-electron chi connectivity index (χ1n) is 4.40. The number of ether oxygens (including phenoxy) is 2. The fourth-order valence-electron chi connectivity index (χ4n) is 0.858. The molecule has 5 heteroatoms. The van der Waals surface area contributed by atoms with Crippen molar-refractivity contribution < 1.29 is 14.3 Å². The van der Waals surface area contributed by atoms with E-state index >= 15 is 0 Å². The van der Waals surface area contributed by atoms with Gasteiger partial charge in [-0.1, -0.05) is 0 Å². The molecule has 1 heterocycles. The molecule has 0 spiro atoms. The van der Waals surface area contributed by atoms with Crippen LogP contribution < -0.4 is 4.74 Å². The van der Waals surface area contributed by atoms with Gasteiger partial charge in [0.15, 0.2) is 5.69 Å². The lowest BCUT2D eigenvalue weighted by molar-refractivity contribution is 0.0517. The van der Waals surface area contributed by atoms with Gasteiger partial charge in [0.25, 0.3) is 0 Å². The third kappa shape index (κ3) is 2.69. The number of esters is 1. The van der Waals surface area contributed by atoms with Crippen LogP contribution in [-0.2, 0) is 4.74 Å². The van der Waals surface area contributed by atoms with Gasteiger partial charge in [-0.05, 0) is 19.9 Å². The lowest BCUT2D eigenvalue weighted by Crippen LogP contribution is -2.08. The molecule has 0 aliphatic carbocycles. The molecule has 1 rings (SSSR count). The van der Waals surface area contributed by atoms with Crippen molar-refractivity contribution in [3.05, 3.63) is 18.0 Å². The molecule has 0 amide bonds. The van der Waals surface area contributed by atoms with Gasteiger partial charge in [0, 0.05) is 6.20 Å². The van der Waals surface area contributed by atoms with Crippen LogP contribution >= 0.6 is 0 Å². The summed E-state index contributed by atoms with van der Waals surface area (Å²) >= 11 is 0.